The molecule has 1 N–H and O–H groups in total. The molecule has 2 aromatic rings. The van der Waals surface area contributed by atoms with Gasteiger partial charge >= 0.3 is 0 Å². The molecule has 0 spiro atoms. The Morgan fingerprint density at radius 2 is 1.80 bits per heavy atom. The number of hydrogen-bond acceptors (Lipinski definition) is 3. The predicted octanol–water partition coefficient (Wildman–Crippen LogP) is 4.47. The minimum atomic E-state index is 0.618. The van der Waals surface area contributed by atoms with Crippen LogP contribution in [0.2, 0.25) is 0 Å². The van der Waals surface area contributed by atoms with Gasteiger partial charge in [-0.25, -0.2) is 0 Å². The number of hydrogen-bond donors (Lipinski definition) is 1. The van der Waals surface area contributed by atoms with Crippen LogP contribution in [0.4, 0.5) is 5.69 Å². The first-order valence-corrected chi connectivity index (χ1v) is 7.31. The molecule has 3 nitrogen and oxygen atoms in total. The zero-order chi connectivity index (χ0) is 14.4. The zero-order valence-corrected chi connectivity index (χ0v) is 13.2. The first kappa shape index (κ1) is 14.7. The Labute approximate surface area is 128 Å². The first-order valence-electron chi connectivity index (χ1n) is 6.52. The Hall–Kier alpha value is -1.68. The Balaban J connectivity index is 2.05. The molecule has 0 aliphatic heterocycles. The Morgan fingerprint density at radius 1 is 1.05 bits per heavy atom. The van der Waals surface area contributed by atoms with Crippen molar-refractivity contribution in [3.63, 3.8) is 0 Å². The van der Waals surface area contributed by atoms with Gasteiger partial charge in [0.2, 0.25) is 0 Å². The fraction of sp³-hybridized carbons (Fsp3) is 0.250. The molecule has 2 aromatic carbocycles. The molecule has 0 saturated heterocycles. The van der Waals surface area contributed by atoms with E-state index < -0.39 is 0 Å². The minimum absolute atomic E-state index is 0.618. The van der Waals surface area contributed by atoms with Crippen molar-refractivity contribution in [3.05, 3.63) is 52.5 Å². The highest BCUT2D eigenvalue weighted by atomic mass is 79.9. The van der Waals surface area contributed by atoms with E-state index in [0.29, 0.717) is 6.61 Å². The summed E-state index contributed by atoms with van der Waals surface area (Å²) in [4.78, 5) is 0. The van der Waals surface area contributed by atoms with E-state index in [9.17, 15) is 0 Å². The summed E-state index contributed by atoms with van der Waals surface area (Å²) in [6, 6.07) is 14.1. The van der Waals surface area contributed by atoms with E-state index in [2.05, 4.69) is 33.4 Å². The molecule has 0 atom stereocenters. The number of halogens is 1. The average Bonchev–Trinajstić information content (AvgIpc) is 2.47. The lowest BCUT2D eigenvalue weighted by Crippen LogP contribution is -2.01. The molecule has 0 amide bonds. The van der Waals surface area contributed by atoms with Crippen LogP contribution < -0.4 is 14.8 Å². The van der Waals surface area contributed by atoms with Crippen LogP contribution in [0.25, 0.3) is 0 Å². The molecule has 0 heterocycles. The maximum absolute atomic E-state index is 5.57. The molecular formula is C16H18BrNO2. The van der Waals surface area contributed by atoms with Crippen molar-refractivity contribution in [2.45, 2.75) is 13.5 Å². The summed E-state index contributed by atoms with van der Waals surface area (Å²) in [6.07, 6.45) is 0. The second kappa shape index (κ2) is 7.20. The molecular weight excluding hydrogens is 318 g/mol. The largest absolute Gasteiger partial charge is 0.493 e. The van der Waals surface area contributed by atoms with Gasteiger partial charge in [0.25, 0.3) is 0 Å². The standard InChI is InChI=1S/C16H18BrNO2/c1-3-20-16-10-14(8-9-15(16)19-2)18-11-12-4-6-13(17)7-5-12/h4-10,18H,3,11H2,1-2H3. The number of nitrogens with one attached hydrogen (secondary N) is 1. The van der Waals surface area contributed by atoms with Crippen LogP contribution in [0.5, 0.6) is 11.5 Å². The highest BCUT2D eigenvalue weighted by Gasteiger charge is 2.05. The summed E-state index contributed by atoms with van der Waals surface area (Å²) in [5.74, 6) is 1.51. The monoisotopic (exact) mass is 335 g/mol. The summed E-state index contributed by atoms with van der Waals surface area (Å²) in [7, 11) is 1.65. The quantitative estimate of drug-likeness (QED) is 0.844. The van der Waals surface area contributed by atoms with E-state index in [1.54, 1.807) is 7.11 Å². The number of methoxy groups -OCH3 is 1. The van der Waals surface area contributed by atoms with E-state index in [1.165, 1.54) is 5.56 Å². The maximum Gasteiger partial charge on any atom is 0.163 e. The molecule has 0 aliphatic rings. The van der Waals surface area contributed by atoms with Crippen molar-refractivity contribution in [3.8, 4) is 11.5 Å². The summed E-state index contributed by atoms with van der Waals surface area (Å²) in [5.41, 5.74) is 2.24. The van der Waals surface area contributed by atoms with Crippen LogP contribution in [-0.2, 0) is 6.54 Å². The number of benzene rings is 2. The van der Waals surface area contributed by atoms with Gasteiger partial charge in [0.1, 0.15) is 0 Å². The van der Waals surface area contributed by atoms with Gasteiger partial charge in [0, 0.05) is 22.8 Å². The second-order valence-corrected chi connectivity index (χ2v) is 5.19. The predicted molar refractivity (Wildman–Crippen MR) is 85.6 cm³/mol. The van der Waals surface area contributed by atoms with Gasteiger partial charge in [-0.1, -0.05) is 28.1 Å². The van der Waals surface area contributed by atoms with Crippen LogP contribution in [0.3, 0.4) is 0 Å². The van der Waals surface area contributed by atoms with Crippen molar-refractivity contribution in [1.82, 2.24) is 0 Å². The fourth-order valence-electron chi connectivity index (χ4n) is 1.86. The number of anilines is 1. The molecule has 0 aliphatic carbocycles. The third kappa shape index (κ3) is 3.90. The van der Waals surface area contributed by atoms with E-state index in [4.69, 9.17) is 9.47 Å². The van der Waals surface area contributed by atoms with Gasteiger partial charge in [-0.2, -0.15) is 0 Å². The van der Waals surface area contributed by atoms with Gasteiger partial charge in [0.15, 0.2) is 11.5 Å². The molecule has 0 radical (unpaired) electrons. The van der Waals surface area contributed by atoms with Crippen LogP contribution in [0.15, 0.2) is 46.9 Å². The van der Waals surface area contributed by atoms with Crippen molar-refractivity contribution >= 4 is 21.6 Å². The van der Waals surface area contributed by atoms with E-state index in [0.717, 1.165) is 28.2 Å². The molecule has 106 valence electrons. The van der Waals surface area contributed by atoms with Gasteiger partial charge in [0.05, 0.1) is 13.7 Å². The minimum Gasteiger partial charge on any atom is -0.493 e. The molecule has 4 heteroatoms. The highest BCUT2D eigenvalue weighted by molar-refractivity contribution is 9.10. The summed E-state index contributed by atoms with van der Waals surface area (Å²) >= 11 is 3.43. The van der Waals surface area contributed by atoms with Gasteiger partial charge in [-0.05, 0) is 36.8 Å². The third-order valence-electron chi connectivity index (χ3n) is 2.87. The van der Waals surface area contributed by atoms with E-state index in [1.807, 2.05) is 37.3 Å². The third-order valence-corrected chi connectivity index (χ3v) is 3.40. The van der Waals surface area contributed by atoms with Crippen molar-refractivity contribution in [1.29, 1.82) is 0 Å². The number of rotatable bonds is 6. The normalized spacial score (nSPS) is 10.2. The molecule has 0 aromatic heterocycles. The maximum atomic E-state index is 5.57. The molecule has 0 unspecified atom stereocenters. The first-order chi connectivity index (χ1) is 9.72. The summed E-state index contributed by atoms with van der Waals surface area (Å²) in [5, 5.41) is 3.38. The summed E-state index contributed by atoms with van der Waals surface area (Å²) in [6.45, 7) is 3.35. The van der Waals surface area contributed by atoms with Crippen molar-refractivity contribution in [2.75, 3.05) is 19.0 Å². The highest BCUT2D eigenvalue weighted by Crippen LogP contribution is 2.30. The average molecular weight is 336 g/mol. The topological polar surface area (TPSA) is 30.5 Å². The number of ether oxygens (including phenoxy) is 2. The lowest BCUT2D eigenvalue weighted by molar-refractivity contribution is 0.311. The molecule has 2 rings (SSSR count). The van der Waals surface area contributed by atoms with Gasteiger partial charge < -0.3 is 14.8 Å². The van der Waals surface area contributed by atoms with E-state index >= 15 is 0 Å². The molecule has 0 fully saturated rings. The van der Waals surface area contributed by atoms with Crippen LogP contribution >= 0.6 is 15.9 Å². The smallest absolute Gasteiger partial charge is 0.163 e. The van der Waals surface area contributed by atoms with Gasteiger partial charge in [-0.3, -0.25) is 0 Å². The zero-order valence-electron chi connectivity index (χ0n) is 11.7. The SMILES string of the molecule is CCOc1cc(NCc2ccc(Br)cc2)ccc1OC. The lowest BCUT2D eigenvalue weighted by atomic mass is 10.2. The lowest BCUT2D eigenvalue weighted by Gasteiger charge is -2.12. The molecule has 20 heavy (non-hydrogen) atoms. The van der Waals surface area contributed by atoms with Crippen LogP contribution in [0, 0.1) is 0 Å². The molecule has 0 saturated carbocycles. The Kier molecular flexibility index (Phi) is 5.30. The second-order valence-electron chi connectivity index (χ2n) is 4.28. The van der Waals surface area contributed by atoms with Crippen LogP contribution in [-0.4, -0.2) is 13.7 Å². The van der Waals surface area contributed by atoms with Crippen molar-refractivity contribution in [2.24, 2.45) is 0 Å². The van der Waals surface area contributed by atoms with Crippen molar-refractivity contribution < 1.29 is 9.47 Å². The van der Waals surface area contributed by atoms with Crippen LogP contribution in [0.1, 0.15) is 12.5 Å². The van der Waals surface area contributed by atoms with Gasteiger partial charge in [-0.15, -0.1) is 0 Å². The Morgan fingerprint density at radius 3 is 2.45 bits per heavy atom. The molecule has 0 bridgehead atoms. The summed E-state index contributed by atoms with van der Waals surface area (Å²) < 4.78 is 11.9. The fourth-order valence-corrected chi connectivity index (χ4v) is 2.13. The Bertz CT molecular complexity index is 555. The van der Waals surface area contributed by atoms with E-state index in [-0.39, 0.29) is 0 Å².